The summed E-state index contributed by atoms with van der Waals surface area (Å²) in [5.74, 6) is 5.23. The Hall–Kier alpha value is -2.53. The van der Waals surface area contributed by atoms with Crippen molar-refractivity contribution < 1.29 is 9.53 Å². The van der Waals surface area contributed by atoms with Gasteiger partial charge in [0.15, 0.2) is 0 Å². The third-order valence-corrected chi connectivity index (χ3v) is 2.64. The molecular formula is C14H15N3O2. The number of nitrogens with two attached hydrogens (primary N) is 2. The van der Waals surface area contributed by atoms with Crippen molar-refractivity contribution in [2.45, 2.75) is 6.61 Å². The molecule has 0 saturated carbocycles. The summed E-state index contributed by atoms with van der Waals surface area (Å²) in [5, 5.41) is 0. The number of rotatable bonds is 4. The molecular weight excluding hydrogens is 242 g/mol. The zero-order valence-electron chi connectivity index (χ0n) is 10.3. The fourth-order valence-electron chi connectivity index (χ4n) is 1.63. The van der Waals surface area contributed by atoms with Gasteiger partial charge >= 0.3 is 0 Å². The van der Waals surface area contributed by atoms with Gasteiger partial charge in [0, 0.05) is 5.69 Å². The van der Waals surface area contributed by atoms with Crippen LogP contribution >= 0.6 is 0 Å². The molecule has 0 aliphatic heterocycles. The fraction of sp³-hybridized carbons (Fsp3) is 0.0714. The lowest BCUT2D eigenvalue weighted by molar-refractivity contribution is 0.0949. The van der Waals surface area contributed by atoms with Gasteiger partial charge < -0.3 is 10.5 Å². The van der Waals surface area contributed by atoms with Crippen LogP contribution in [0.2, 0.25) is 0 Å². The molecule has 5 heteroatoms. The summed E-state index contributed by atoms with van der Waals surface area (Å²) >= 11 is 0. The van der Waals surface area contributed by atoms with Crippen LogP contribution in [0.25, 0.3) is 0 Å². The van der Waals surface area contributed by atoms with Gasteiger partial charge in [0.1, 0.15) is 12.4 Å². The summed E-state index contributed by atoms with van der Waals surface area (Å²) in [4.78, 5) is 11.6. The zero-order valence-corrected chi connectivity index (χ0v) is 10.3. The van der Waals surface area contributed by atoms with Crippen molar-refractivity contribution in [1.29, 1.82) is 0 Å². The van der Waals surface area contributed by atoms with E-state index in [4.69, 9.17) is 16.3 Å². The first kappa shape index (κ1) is 12.9. The Morgan fingerprint density at radius 3 is 2.47 bits per heavy atom. The molecule has 0 aliphatic rings. The third kappa shape index (κ3) is 3.23. The first-order valence-electron chi connectivity index (χ1n) is 5.78. The molecule has 0 atom stereocenters. The molecule has 1 amide bonds. The lowest BCUT2D eigenvalue weighted by Crippen LogP contribution is -2.30. The molecule has 0 aliphatic carbocycles. The van der Waals surface area contributed by atoms with Gasteiger partial charge in [0.05, 0.1) is 5.56 Å². The molecule has 0 fully saturated rings. The highest BCUT2D eigenvalue weighted by molar-refractivity contribution is 5.96. The predicted octanol–water partition coefficient (Wildman–Crippen LogP) is 1.45. The highest BCUT2D eigenvalue weighted by atomic mass is 16.5. The van der Waals surface area contributed by atoms with Crippen molar-refractivity contribution in [3.05, 3.63) is 59.7 Å². The number of hydrazine groups is 1. The zero-order chi connectivity index (χ0) is 13.7. The van der Waals surface area contributed by atoms with Gasteiger partial charge in [-0.3, -0.25) is 10.2 Å². The van der Waals surface area contributed by atoms with Crippen LogP contribution in [0.5, 0.6) is 5.75 Å². The molecule has 0 unspecified atom stereocenters. The van der Waals surface area contributed by atoms with Gasteiger partial charge in [-0.1, -0.05) is 24.3 Å². The van der Waals surface area contributed by atoms with E-state index in [0.29, 0.717) is 23.6 Å². The topological polar surface area (TPSA) is 90.4 Å². The number of hydrogen-bond donors (Lipinski definition) is 3. The summed E-state index contributed by atoms with van der Waals surface area (Å²) in [6.45, 7) is 0.356. The number of hydrogen-bond acceptors (Lipinski definition) is 4. The van der Waals surface area contributed by atoms with Crippen LogP contribution in [-0.2, 0) is 6.61 Å². The average molecular weight is 257 g/mol. The summed E-state index contributed by atoms with van der Waals surface area (Å²) in [6.07, 6.45) is 0. The molecule has 5 N–H and O–H groups in total. The minimum Gasteiger partial charge on any atom is -0.488 e. The Labute approximate surface area is 111 Å². The number of carbonyl (C=O) groups excluding carboxylic acids is 1. The second-order valence-corrected chi connectivity index (χ2v) is 4.00. The van der Waals surface area contributed by atoms with Crippen molar-refractivity contribution in [2.75, 3.05) is 5.73 Å². The third-order valence-electron chi connectivity index (χ3n) is 2.64. The van der Waals surface area contributed by atoms with E-state index in [1.807, 2.05) is 12.1 Å². The molecule has 2 aromatic carbocycles. The lowest BCUT2D eigenvalue weighted by atomic mass is 10.2. The summed E-state index contributed by atoms with van der Waals surface area (Å²) in [7, 11) is 0. The van der Waals surface area contributed by atoms with Crippen LogP contribution in [0.3, 0.4) is 0 Å². The summed E-state index contributed by atoms with van der Waals surface area (Å²) < 4.78 is 5.63. The monoisotopic (exact) mass is 257 g/mol. The fourth-order valence-corrected chi connectivity index (χ4v) is 1.63. The first-order valence-corrected chi connectivity index (χ1v) is 5.78. The number of carbonyl (C=O) groups is 1. The second kappa shape index (κ2) is 5.88. The molecule has 98 valence electrons. The smallest absolute Gasteiger partial charge is 0.268 e. The SMILES string of the molecule is NNC(=O)c1ccccc1OCc1ccc(N)cc1. The number of nitrogen functional groups attached to an aromatic ring is 2. The molecule has 5 nitrogen and oxygen atoms in total. The standard InChI is InChI=1S/C14H15N3O2/c15-11-7-5-10(6-8-11)9-19-13-4-2-1-3-12(13)14(18)17-16/h1-8H,9,15-16H2,(H,17,18). The number of anilines is 1. The van der Waals surface area contributed by atoms with Gasteiger partial charge in [0.2, 0.25) is 0 Å². The Balaban J connectivity index is 2.11. The van der Waals surface area contributed by atoms with Crippen molar-refractivity contribution in [3.8, 4) is 5.75 Å². The van der Waals surface area contributed by atoms with Crippen molar-refractivity contribution >= 4 is 11.6 Å². The molecule has 0 heterocycles. The normalized spacial score (nSPS) is 9.95. The maximum atomic E-state index is 11.6. The van der Waals surface area contributed by atoms with Crippen LogP contribution in [0, 0.1) is 0 Å². The van der Waals surface area contributed by atoms with E-state index in [1.165, 1.54) is 0 Å². The van der Waals surface area contributed by atoms with Gasteiger partial charge in [0.25, 0.3) is 5.91 Å². The number of amides is 1. The number of benzene rings is 2. The number of nitrogens with one attached hydrogen (secondary N) is 1. The Morgan fingerprint density at radius 2 is 1.79 bits per heavy atom. The van der Waals surface area contributed by atoms with E-state index in [-0.39, 0.29) is 5.91 Å². The molecule has 2 rings (SSSR count). The van der Waals surface area contributed by atoms with Gasteiger partial charge in [-0.25, -0.2) is 5.84 Å². The second-order valence-electron chi connectivity index (χ2n) is 4.00. The Morgan fingerprint density at radius 1 is 1.11 bits per heavy atom. The minimum absolute atomic E-state index is 0.356. The Bertz CT molecular complexity index is 567. The quantitative estimate of drug-likeness (QED) is 0.334. The van der Waals surface area contributed by atoms with Crippen molar-refractivity contribution in [1.82, 2.24) is 5.43 Å². The average Bonchev–Trinajstić information content (AvgIpc) is 2.46. The van der Waals surface area contributed by atoms with Gasteiger partial charge in [-0.05, 0) is 29.8 Å². The molecule has 0 bridgehead atoms. The summed E-state index contributed by atoms with van der Waals surface area (Å²) in [5.41, 5.74) is 9.77. The van der Waals surface area contributed by atoms with Crippen LogP contribution in [-0.4, -0.2) is 5.91 Å². The lowest BCUT2D eigenvalue weighted by Gasteiger charge is -2.10. The highest BCUT2D eigenvalue weighted by Gasteiger charge is 2.10. The van der Waals surface area contributed by atoms with E-state index < -0.39 is 0 Å². The van der Waals surface area contributed by atoms with Crippen LogP contribution in [0.4, 0.5) is 5.69 Å². The molecule has 0 aromatic heterocycles. The van der Waals surface area contributed by atoms with Crippen LogP contribution < -0.4 is 21.7 Å². The maximum Gasteiger partial charge on any atom is 0.268 e. The predicted molar refractivity (Wildman–Crippen MR) is 73.3 cm³/mol. The van der Waals surface area contributed by atoms with E-state index in [2.05, 4.69) is 5.43 Å². The van der Waals surface area contributed by atoms with E-state index in [0.717, 1.165) is 5.56 Å². The molecule has 0 spiro atoms. The van der Waals surface area contributed by atoms with Gasteiger partial charge in [-0.2, -0.15) is 0 Å². The highest BCUT2D eigenvalue weighted by Crippen LogP contribution is 2.19. The molecule has 19 heavy (non-hydrogen) atoms. The van der Waals surface area contributed by atoms with Crippen molar-refractivity contribution in [3.63, 3.8) is 0 Å². The van der Waals surface area contributed by atoms with E-state index >= 15 is 0 Å². The van der Waals surface area contributed by atoms with E-state index in [1.54, 1.807) is 36.4 Å². The minimum atomic E-state index is -0.382. The molecule has 0 saturated heterocycles. The molecule has 2 aromatic rings. The largest absolute Gasteiger partial charge is 0.488 e. The molecule has 0 radical (unpaired) electrons. The van der Waals surface area contributed by atoms with Crippen molar-refractivity contribution in [2.24, 2.45) is 5.84 Å². The number of ether oxygens (including phenoxy) is 1. The Kier molecular flexibility index (Phi) is 4.00. The van der Waals surface area contributed by atoms with Crippen LogP contribution in [0.15, 0.2) is 48.5 Å². The summed E-state index contributed by atoms with van der Waals surface area (Å²) in [6, 6.07) is 14.3. The maximum absolute atomic E-state index is 11.6. The van der Waals surface area contributed by atoms with Gasteiger partial charge in [-0.15, -0.1) is 0 Å². The first-order chi connectivity index (χ1) is 9.20. The number of para-hydroxylation sites is 1. The van der Waals surface area contributed by atoms with E-state index in [9.17, 15) is 4.79 Å². The van der Waals surface area contributed by atoms with Crippen LogP contribution in [0.1, 0.15) is 15.9 Å².